The van der Waals surface area contributed by atoms with Crippen LogP contribution in [0.25, 0.3) is 0 Å². The lowest BCUT2D eigenvalue weighted by molar-refractivity contribution is 0.0600. The van der Waals surface area contributed by atoms with Crippen LogP contribution in [0.2, 0.25) is 0 Å². The minimum absolute atomic E-state index is 0.133. The Kier molecular flexibility index (Phi) is 5.81. The highest BCUT2D eigenvalue weighted by Crippen LogP contribution is 2.25. The van der Waals surface area contributed by atoms with Gasteiger partial charge in [0, 0.05) is 5.69 Å². The molecule has 1 heterocycles. The first kappa shape index (κ1) is 18.8. The second-order valence-electron chi connectivity index (χ2n) is 5.64. The molecule has 0 unspecified atom stereocenters. The minimum atomic E-state index is -0.484. The van der Waals surface area contributed by atoms with E-state index in [1.165, 1.54) is 25.6 Å². The number of aromatic nitrogens is 2. The highest BCUT2D eigenvalue weighted by molar-refractivity contribution is 6.03. The molecular formula is C20H18N4O4. The van der Waals surface area contributed by atoms with Gasteiger partial charge >= 0.3 is 5.97 Å². The van der Waals surface area contributed by atoms with Crippen LogP contribution in [0.5, 0.6) is 5.75 Å². The van der Waals surface area contributed by atoms with Gasteiger partial charge in [0.2, 0.25) is 0 Å². The van der Waals surface area contributed by atoms with Crippen LogP contribution < -0.4 is 15.4 Å². The normalized spacial score (nSPS) is 10.1. The van der Waals surface area contributed by atoms with Gasteiger partial charge < -0.3 is 20.1 Å². The van der Waals surface area contributed by atoms with Crippen molar-refractivity contribution in [1.82, 2.24) is 9.97 Å². The molecule has 28 heavy (non-hydrogen) atoms. The molecule has 1 amide bonds. The fraction of sp³-hybridized carbons (Fsp3) is 0.100. The van der Waals surface area contributed by atoms with Crippen LogP contribution in [0.15, 0.2) is 60.9 Å². The molecule has 2 N–H and O–H groups in total. The standard InChI is InChI=1S/C20H18N4O4/c1-27-17-9-4-3-8-15(17)24-18-12-21-16(11-22-18)19(25)23-14-7-5-6-13(10-14)20(26)28-2/h3-12H,1-2H3,(H,22,24)(H,23,25). The van der Waals surface area contributed by atoms with E-state index >= 15 is 0 Å². The number of esters is 1. The van der Waals surface area contributed by atoms with E-state index in [0.717, 1.165) is 5.69 Å². The van der Waals surface area contributed by atoms with Crippen molar-refractivity contribution in [3.63, 3.8) is 0 Å². The molecule has 0 aliphatic heterocycles. The number of benzene rings is 2. The van der Waals surface area contributed by atoms with E-state index in [2.05, 4.69) is 25.3 Å². The number of rotatable bonds is 6. The molecule has 8 heteroatoms. The lowest BCUT2D eigenvalue weighted by atomic mass is 10.2. The van der Waals surface area contributed by atoms with Gasteiger partial charge in [0.25, 0.3) is 5.91 Å². The van der Waals surface area contributed by atoms with Crippen LogP contribution in [-0.2, 0) is 4.74 Å². The summed E-state index contributed by atoms with van der Waals surface area (Å²) in [5.41, 5.74) is 1.65. The van der Waals surface area contributed by atoms with Gasteiger partial charge in [0.1, 0.15) is 17.3 Å². The van der Waals surface area contributed by atoms with Crippen molar-refractivity contribution in [2.45, 2.75) is 0 Å². The Hall–Kier alpha value is -3.94. The van der Waals surface area contributed by atoms with E-state index in [1.54, 1.807) is 25.3 Å². The summed E-state index contributed by atoms with van der Waals surface area (Å²) in [7, 11) is 2.87. The number of carbonyl (C=O) groups excluding carboxylic acids is 2. The molecule has 3 aromatic rings. The largest absolute Gasteiger partial charge is 0.495 e. The van der Waals surface area contributed by atoms with E-state index in [9.17, 15) is 9.59 Å². The number of ether oxygens (including phenoxy) is 2. The quantitative estimate of drug-likeness (QED) is 0.635. The van der Waals surface area contributed by atoms with Crippen LogP contribution in [0.3, 0.4) is 0 Å². The third-order valence-electron chi connectivity index (χ3n) is 3.80. The molecule has 1 aromatic heterocycles. The first-order chi connectivity index (χ1) is 13.6. The third kappa shape index (κ3) is 4.42. The molecular weight excluding hydrogens is 360 g/mol. The maximum atomic E-state index is 12.4. The topological polar surface area (TPSA) is 102 Å². The van der Waals surface area contributed by atoms with Gasteiger partial charge in [0.05, 0.1) is 37.9 Å². The molecule has 0 radical (unpaired) electrons. The summed E-state index contributed by atoms with van der Waals surface area (Å²) in [4.78, 5) is 32.3. The summed E-state index contributed by atoms with van der Waals surface area (Å²) in [6, 6.07) is 13.8. The third-order valence-corrected chi connectivity index (χ3v) is 3.80. The number of methoxy groups -OCH3 is 2. The number of hydrogen-bond donors (Lipinski definition) is 2. The number of amides is 1. The summed E-state index contributed by atoms with van der Waals surface area (Å²) in [5.74, 6) is 0.200. The van der Waals surface area contributed by atoms with Crippen LogP contribution in [0.4, 0.5) is 17.2 Å². The van der Waals surface area contributed by atoms with E-state index in [-0.39, 0.29) is 5.69 Å². The smallest absolute Gasteiger partial charge is 0.337 e. The molecule has 3 rings (SSSR count). The van der Waals surface area contributed by atoms with Crippen molar-refractivity contribution in [2.75, 3.05) is 24.9 Å². The Morgan fingerprint density at radius 2 is 1.79 bits per heavy atom. The van der Waals surface area contributed by atoms with E-state index in [0.29, 0.717) is 22.8 Å². The highest BCUT2D eigenvalue weighted by atomic mass is 16.5. The monoisotopic (exact) mass is 378 g/mol. The van der Waals surface area contributed by atoms with Gasteiger partial charge in [-0.2, -0.15) is 0 Å². The Labute approximate surface area is 161 Å². The minimum Gasteiger partial charge on any atom is -0.495 e. The predicted octanol–water partition coefficient (Wildman–Crippen LogP) is 3.27. The fourth-order valence-electron chi connectivity index (χ4n) is 2.43. The van der Waals surface area contributed by atoms with Crippen LogP contribution in [0.1, 0.15) is 20.8 Å². The second-order valence-corrected chi connectivity index (χ2v) is 5.64. The molecule has 2 aromatic carbocycles. The molecule has 0 aliphatic carbocycles. The maximum absolute atomic E-state index is 12.4. The van der Waals surface area contributed by atoms with Crippen LogP contribution in [0, 0.1) is 0 Å². The number of nitrogens with one attached hydrogen (secondary N) is 2. The zero-order valence-corrected chi connectivity index (χ0v) is 15.3. The highest BCUT2D eigenvalue weighted by Gasteiger charge is 2.11. The van der Waals surface area contributed by atoms with Gasteiger partial charge in [-0.3, -0.25) is 4.79 Å². The fourth-order valence-corrected chi connectivity index (χ4v) is 2.43. The maximum Gasteiger partial charge on any atom is 0.337 e. The zero-order valence-electron chi connectivity index (χ0n) is 15.3. The second kappa shape index (κ2) is 8.63. The molecule has 142 valence electrons. The van der Waals surface area contributed by atoms with E-state index in [4.69, 9.17) is 4.74 Å². The summed E-state index contributed by atoms with van der Waals surface area (Å²) in [6.07, 6.45) is 2.81. The van der Waals surface area contributed by atoms with Crippen LogP contribution in [-0.4, -0.2) is 36.1 Å². The lowest BCUT2D eigenvalue weighted by Gasteiger charge is -2.10. The van der Waals surface area contributed by atoms with Gasteiger partial charge in [-0.15, -0.1) is 0 Å². The van der Waals surface area contributed by atoms with Gasteiger partial charge in [-0.25, -0.2) is 14.8 Å². The van der Waals surface area contributed by atoms with Crippen molar-refractivity contribution in [2.24, 2.45) is 0 Å². The zero-order chi connectivity index (χ0) is 19.9. The summed E-state index contributed by atoms with van der Waals surface area (Å²) in [6.45, 7) is 0. The van der Waals surface area contributed by atoms with Crippen molar-refractivity contribution in [3.8, 4) is 5.75 Å². The van der Waals surface area contributed by atoms with Gasteiger partial charge in [-0.05, 0) is 30.3 Å². The Morgan fingerprint density at radius 3 is 2.50 bits per heavy atom. The van der Waals surface area contributed by atoms with Crippen molar-refractivity contribution >= 4 is 29.1 Å². The molecule has 0 atom stereocenters. The summed E-state index contributed by atoms with van der Waals surface area (Å²) in [5, 5.41) is 5.76. The molecule has 0 saturated carbocycles. The van der Waals surface area contributed by atoms with Gasteiger partial charge in [-0.1, -0.05) is 18.2 Å². The average molecular weight is 378 g/mol. The van der Waals surface area contributed by atoms with E-state index in [1.807, 2.05) is 24.3 Å². The first-order valence-electron chi connectivity index (χ1n) is 8.32. The van der Waals surface area contributed by atoms with Crippen molar-refractivity contribution < 1.29 is 19.1 Å². The van der Waals surface area contributed by atoms with Crippen molar-refractivity contribution in [1.29, 1.82) is 0 Å². The molecule has 0 bridgehead atoms. The van der Waals surface area contributed by atoms with Crippen molar-refractivity contribution in [3.05, 3.63) is 72.2 Å². The SMILES string of the molecule is COC(=O)c1cccc(NC(=O)c2cnc(Nc3ccccc3OC)cn2)c1. The first-order valence-corrected chi connectivity index (χ1v) is 8.32. The number of nitrogens with zero attached hydrogens (tertiary/aromatic N) is 2. The average Bonchev–Trinajstić information content (AvgIpc) is 2.74. The number of hydrogen-bond acceptors (Lipinski definition) is 7. The summed E-state index contributed by atoms with van der Waals surface area (Å²) < 4.78 is 9.94. The Morgan fingerprint density at radius 1 is 0.964 bits per heavy atom. The molecule has 0 fully saturated rings. The van der Waals surface area contributed by atoms with Gasteiger partial charge in [0.15, 0.2) is 0 Å². The molecule has 0 spiro atoms. The van der Waals surface area contributed by atoms with E-state index < -0.39 is 11.9 Å². The number of para-hydroxylation sites is 2. The Bertz CT molecular complexity index is 990. The molecule has 0 saturated heterocycles. The molecule has 8 nitrogen and oxygen atoms in total. The Balaban J connectivity index is 1.69. The summed E-state index contributed by atoms with van der Waals surface area (Å²) >= 11 is 0. The number of anilines is 3. The lowest BCUT2D eigenvalue weighted by Crippen LogP contribution is -2.14. The predicted molar refractivity (Wildman–Crippen MR) is 104 cm³/mol. The molecule has 0 aliphatic rings. The van der Waals surface area contributed by atoms with Crippen LogP contribution >= 0.6 is 0 Å². The number of carbonyl (C=O) groups is 2.